The zero-order chi connectivity index (χ0) is 15.6. The van der Waals surface area contributed by atoms with E-state index in [2.05, 4.69) is 14.9 Å². The molecule has 8 heteroatoms. The van der Waals surface area contributed by atoms with Gasteiger partial charge in [-0.25, -0.2) is 18.4 Å². The standard InChI is InChI=1S/C13H23N5O2S/c1-5-21(19,20)18-8-6-17(7-9-18)13-10-12(16(3)4)14-11(2)15-13/h10H,5-9H2,1-4H3. The van der Waals surface area contributed by atoms with E-state index in [0.717, 1.165) is 17.5 Å². The van der Waals surface area contributed by atoms with Crippen LogP contribution in [-0.4, -0.2) is 68.7 Å². The van der Waals surface area contributed by atoms with Gasteiger partial charge >= 0.3 is 0 Å². The molecule has 0 N–H and O–H groups in total. The van der Waals surface area contributed by atoms with Crippen molar-refractivity contribution in [1.82, 2.24) is 14.3 Å². The van der Waals surface area contributed by atoms with Gasteiger partial charge in [-0.15, -0.1) is 0 Å². The van der Waals surface area contributed by atoms with Crippen LogP contribution in [0.1, 0.15) is 12.7 Å². The number of rotatable bonds is 4. The van der Waals surface area contributed by atoms with Crippen molar-refractivity contribution in [3.8, 4) is 0 Å². The van der Waals surface area contributed by atoms with Crippen molar-refractivity contribution < 1.29 is 8.42 Å². The summed E-state index contributed by atoms with van der Waals surface area (Å²) in [6.07, 6.45) is 0. The van der Waals surface area contributed by atoms with E-state index in [1.165, 1.54) is 0 Å². The molecule has 21 heavy (non-hydrogen) atoms. The Hall–Kier alpha value is -1.41. The summed E-state index contributed by atoms with van der Waals surface area (Å²) in [5.41, 5.74) is 0. The number of sulfonamides is 1. The smallest absolute Gasteiger partial charge is 0.213 e. The minimum atomic E-state index is -3.09. The predicted molar refractivity (Wildman–Crippen MR) is 84.3 cm³/mol. The molecule has 0 unspecified atom stereocenters. The predicted octanol–water partition coefficient (Wildman–Crippen LogP) is 0.323. The lowest BCUT2D eigenvalue weighted by Gasteiger charge is -2.34. The van der Waals surface area contributed by atoms with E-state index in [-0.39, 0.29) is 5.75 Å². The molecular formula is C13H23N5O2S. The normalized spacial score (nSPS) is 17.0. The fourth-order valence-electron chi connectivity index (χ4n) is 2.31. The second-order valence-electron chi connectivity index (χ2n) is 5.31. The van der Waals surface area contributed by atoms with Crippen LogP contribution in [-0.2, 0) is 10.0 Å². The molecular weight excluding hydrogens is 290 g/mol. The molecule has 1 aromatic rings. The van der Waals surface area contributed by atoms with E-state index in [9.17, 15) is 8.42 Å². The number of aryl methyl sites for hydroxylation is 1. The lowest BCUT2D eigenvalue weighted by Crippen LogP contribution is -2.49. The van der Waals surface area contributed by atoms with Gasteiger partial charge in [0.05, 0.1) is 5.75 Å². The average molecular weight is 313 g/mol. The van der Waals surface area contributed by atoms with Crippen molar-refractivity contribution in [2.24, 2.45) is 0 Å². The molecule has 0 bridgehead atoms. The van der Waals surface area contributed by atoms with E-state index < -0.39 is 10.0 Å². The van der Waals surface area contributed by atoms with Crippen LogP contribution < -0.4 is 9.80 Å². The van der Waals surface area contributed by atoms with Gasteiger partial charge in [-0.05, 0) is 13.8 Å². The number of aromatic nitrogens is 2. The molecule has 118 valence electrons. The van der Waals surface area contributed by atoms with Gasteiger partial charge in [-0.2, -0.15) is 4.31 Å². The van der Waals surface area contributed by atoms with E-state index in [1.807, 2.05) is 32.0 Å². The highest BCUT2D eigenvalue weighted by atomic mass is 32.2. The highest BCUT2D eigenvalue weighted by molar-refractivity contribution is 7.89. The van der Waals surface area contributed by atoms with Gasteiger partial charge in [0, 0.05) is 46.3 Å². The molecule has 7 nitrogen and oxygen atoms in total. The van der Waals surface area contributed by atoms with Crippen LogP contribution in [0.5, 0.6) is 0 Å². The summed E-state index contributed by atoms with van der Waals surface area (Å²) >= 11 is 0. The molecule has 0 saturated carbocycles. The fraction of sp³-hybridized carbons (Fsp3) is 0.692. The van der Waals surface area contributed by atoms with Crippen LogP contribution in [0.2, 0.25) is 0 Å². The summed E-state index contributed by atoms with van der Waals surface area (Å²) in [5.74, 6) is 2.60. The van der Waals surface area contributed by atoms with Crippen LogP contribution in [0.3, 0.4) is 0 Å². The third kappa shape index (κ3) is 3.62. The summed E-state index contributed by atoms with van der Waals surface area (Å²) in [7, 11) is 0.793. The molecule has 1 saturated heterocycles. The van der Waals surface area contributed by atoms with Crippen LogP contribution in [0.25, 0.3) is 0 Å². The maximum Gasteiger partial charge on any atom is 0.213 e. The number of hydrogen-bond donors (Lipinski definition) is 0. The van der Waals surface area contributed by atoms with E-state index in [1.54, 1.807) is 11.2 Å². The summed E-state index contributed by atoms with van der Waals surface area (Å²) < 4.78 is 25.3. The van der Waals surface area contributed by atoms with Gasteiger partial charge in [0.2, 0.25) is 10.0 Å². The minimum absolute atomic E-state index is 0.157. The molecule has 2 rings (SSSR count). The average Bonchev–Trinajstić information content (AvgIpc) is 2.46. The topological polar surface area (TPSA) is 69.6 Å². The van der Waals surface area contributed by atoms with Crippen molar-refractivity contribution in [3.05, 3.63) is 11.9 Å². The number of anilines is 2. The van der Waals surface area contributed by atoms with Crippen molar-refractivity contribution in [2.75, 3.05) is 55.8 Å². The molecule has 0 aromatic carbocycles. The van der Waals surface area contributed by atoms with E-state index in [4.69, 9.17) is 0 Å². The number of nitrogens with zero attached hydrogens (tertiary/aromatic N) is 5. The Morgan fingerprint density at radius 3 is 2.33 bits per heavy atom. The summed E-state index contributed by atoms with van der Waals surface area (Å²) in [6.45, 7) is 5.88. The van der Waals surface area contributed by atoms with Gasteiger partial charge in [-0.1, -0.05) is 0 Å². The molecule has 1 fully saturated rings. The molecule has 1 aliphatic heterocycles. The fourth-order valence-corrected chi connectivity index (χ4v) is 3.39. The maximum absolute atomic E-state index is 11.9. The van der Waals surface area contributed by atoms with Crippen molar-refractivity contribution in [1.29, 1.82) is 0 Å². The lowest BCUT2D eigenvalue weighted by molar-refractivity contribution is 0.384. The van der Waals surface area contributed by atoms with Crippen LogP contribution in [0.4, 0.5) is 11.6 Å². The van der Waals surface area contributed by atoms with Gasteiger partial charge in [-0.3, -0.25) is 0 Å². The Bertz CT molecular complexity index is 595. The molecule has 1 aromatic heterocycles. The molecule has 0 atom stereocenters. The third-order valence-corrected chi connectivity index (χ3v) is 5.47. The molecule has 0 aliphatic carbocycles. The monoisotopic (exact) mass is 313 g/mol. The van der Waals surface area contributed by atoms with Gasteiger partial charge in [0.15, 0.2) is 0 Å². The van der Waals surface area contributed by atoms with E-state index in [0.29, 0.717) is 26.2 Å². The first kappa shape index (κ1) is 16.0. The largest absolute Gasteiger partial charge is 0.363 e. The maximum atomic E-state index is 11.9. The summed E-state index contributed by atoms with van der Waals surface area (Å²) in [5, 5.41) is 0. The molecule has 0 amide bonds. The van der Waals surface area contributed by atoms with Gasteiger partial charge < -0.3 is 9.80 Å². The first-order valence-corrected chi connectivity index (χ1v) is 8.70. The zero-order valence-corrected chi connectivity index (χ0v) is 13.9. The Labute approximate surface area is 126 Å². The highest BCUT2D eigenvalue weighted by Crippen LogP contribution is 2.20. The van der Waals surface area contributed by atoms with Crippen molar-refractivity contribution in [3.63, 3.8) is 0 Å². The minimum Gasteiger partial charge on any atom is -0.363 e. The van der Waals surface area contributed by atoms with Crippen molar-refractivity contribution >= 4 is 21.7 Å². The number of hydrogen-bond acceptors (Lipinski definition) is 6. The Morgan fingerprint density at radius 1 is 1.19 bits per heavy atom. The Kier molecular flexibility index (Phi) is 4.67. The Morgan fingerprint density at radius 2 is 1.81 bits per heavy atom. The molecule has 1 aliphatic rings. The van der Waals surface area contributed by atoms with Crippen LogP contribution >= 0.6 is 0 Å². The van der Waals surface area contributed by atoms with Crippen molar-refractivity contribution in [2.45, 2.75) is 13.8 Å². The van der Waals surface area contributed by atoms with Crippen LogP contribution in [0, 0.1) is 6.92 Å². The Balaban J connectivity index is 2.12. The first-order valence-electron chi connectivity index (χ1n) is 7.09. The molecule has 2 heterocycles. The molecule has 0 spiro atoms. The lowest BCUT2D eigenvalue weighted by atomic mass is 10.3. The van der Waals surface area contributed by atoms with Gasteiger partial charge in [0.1, 0.15) is 17.5 Å². The number of piperazine rings is 1. The van der Waals surface area contributed by atoms with Crippen LogP contribution in [0.15, 0.2) is 6.07 Å². The zero-order valence-electron chi connectivity index (χ0n) is 13.1. The summed E-state index contributed by atoms with van der Waals surface area (Å²) in [4.78, 5) is 12.9. The summed E-state index contributed by atoms with van der Waals surface area (Å²) in [6, 6.07) is 1.94. The van der Waals surface area contributed by atoms with E-state index >= 15 is 0 Å². The molecule has 0 radical (unpaired) electrons. The second-order valence-corrected chi connectivity index (χ2v) is 7.57. The third-order valence-electron chi connectivity index (χ3n) is 3.59. The van der Waals surface area contributed by atoms with Gasteiger partial charge in [0.25, 0.3) is 0 Å². The second kappa shape index (κ2) is 6.15. The quantitative estimate of drug-likeness (QED) is 0.797. The first-order chi connectivity index (χ1) is 9.83. The SMILES string of the molecule is CCS(=O)(=O)N1CCN(c2cc(N(C)C)nc(C)n2)CC1. The highest BCUT2D eigenvalue weighted by Gasteiger charge is 2.26.